The van der Waals surface area contributed by atoms with E-state index in [4.69, 9.17) is 10.5 Å². The summed E-state index contributed by atoms with van der Waals surface area (Å²) in [4.78, 5) is 8.99. The lowest BCUT2D eigenvalue weighted by Gasteiger charge is -2.07. The van der Waals surface area contributed by atoms with Gasteiger partial charge in [0.15, 0.2) is 5.96 Å². The maximum absolute atomic E-state index is 5.93. The number of aromatic nitrogens is 1. The molecule has 0 bridgehead atoms. The molecule has 0 saturated carbocycles. The van der Waals surface area contributed by atoms with Gasteiger partial charge < -0.3 is 20.8 Å². The van der Waals surface area contributed by atoms with Gasteiger partial charge >= 0.3 is 0 Å². The van der Waals surface area contributed by atoms with Gasteiger partial charge in [0.2, 0.25) is 0 Å². The van der Waals surface area contributed by atoms with Crippen LogP contribution in [-0.4, -0.2) is 31.1 Å². The molecule has 2 heterocycles. The Morgan fingerprint density at radius 2 is 2.21 bits per heavy atom. The van der Waals surface area contributed by atoms with Crippen molar-refractivity contribution in [3.05, 3.63) is 52.3 Å². The Morgan fingerprint density at radius 1 is 1.29 bits per heavy atom. The number of nitrogens with one attached hydrogen (secondary N) is 2. The van der Waals surface area contributed by atoms with Gasteiger partial charge in [0.25, 0.3) is 0 Å². The average molecular weight is 342 g/mol. The van der Waals surface area contributed by atoms with Gasteiger partial charge in [0.1, 0.15) is 5.75 Å². The van der Waals surface area contributed by atoms with Gasteiger partial charge in [-0.2, -0.15) is 0 Å². The predicted molar refractivity (Wildman–Crippen MR) is 101 cm³/mol. The van der Waals surface area contributed by atoms with E-state index in [1.54, 1.807) is 18.4 Å². The quantitative estimate of drug-likeness (QED) is 0.456. The monoisotopic (exact) mass is 342 g/mol. The maximum Gasteiger partial charge on any atom is 0.188 e. The third-order valence-corrected chi connectivity index (χ3v) is 4.83. The first kappa shape index (κ1) is 16.4. The number of nitrogens with zero attached hydrogens (tertiary/aromatic N) is 1. The highest BCUT2D eigenvalue weighted by atomic mass is 32.1. The number of guanidine groups is 1. The van der Waals surface area contributed by atoms with Crippen LogP contribution < -0.4 is 15.8 Å². The van der Waals surface area contributed by atoms with Gasteiger partial charge in [-0.25, -0.2) is 0 Å². The van der Waals surface area contributed by atoms with Crippen LogP contribution in [0.4, 0.5) is 0 Å². The molecular weight excluding hydrogens is 320 g/mol. The SMILES string of the molecule is COc1cccc2[nH]cc(CCNC(N)=NCCc3cccs3)c12. The number of H-pyrrole nitrogens is 1. The molecule has 6 heteroatoms. The van der Waals surface area contributed by atoms with Crippen molar-refractivity contribution in [3.8, 4) is 5.75 Å². The molecule has 0 atom stereocenters. The molecule has 4 N–H and O–H groups in total. The average Bonchev–Trinajstić information content (AvgIpc) is 3.25. The Balaban J connectivity index is 1.52. The van der Waals surface area contributed by atoms with Crippen molar-refractivity contribution in [2.45, 2.75) is 12.8 Å². The van der Waals surface area contributed by atoms with Crippen molar-refractivity contribution in [1.82, 2.24) is 10.3 Å². The van der Waals surface area contributed by atoms with Gasteiger partial charge in [0, 0.05) is 41.5 Å². The number of aliphatic imine (C=N–C) groups is 1. The minimum Gasteiger partial charge on any atom is -0.496 e. The fourth-order valence-corrected chi connectivity index (χ4v) is 3.41. The molecule has 24 heavy (non-hydrogen) atoms. The van der Waals surface area contributed by atoms with E-state index in [1.165, 1.54) is 10.4 Å². The van der Waals surface area contributed by atoms with Crippen LogP contribution in [0.1, 0.15) is 10.4 Å². The molecule has 0 radical (unpaired) electrons. The largest absolute Gasteiger partial charge is 0.496 e. The van der Waals surface area contributed by atoms with Gasteiger partial charge in [-0.1, -0.05) is 12.1 Å². The minimum atomic E-state index is 0.498. The summed E-state index contributed by atoms with van der Waals surface area (Å²) in [5.41, 5.74) is 8.23. The van der Waals surface area contributed by atoms with Crippen molar-refractivity contribution in [2.75, 3.05) is 20.2 Å². The van der Waals surface area contributed by atoms with E-state index in [0.717, 1.165) is 36.0 Å². The Morgan fingerprint density at radius 3 is 3.00 bits per heavy atom. The summed E-state index contributed by atoms with van der Waals surface area (Å²) in [7, 11) is 1.70. The maximum atomic E-state index is 5.93. The lowest BCUT2D eigenvalue weighted by molar-refractivity contribution is 0.419. The highest BCUT2D eigenvalue weighted by Gasteiger charge is 2.08. The van der Waals surface area contributed by atoms with Gasteiger partial charge in [-0.05, 0) is 35.6 Å². The molecule has 0 amide bonds. The zero-order valence-corrected chi connectivity index (χ0v) is 14.5. The molecule has 0 unspecified atom stereocenters. The summed E-state index contributed by atoms with van der Waals surface area (Å²) in [5, 5.41) is 6.39. The van der Waals surface area contributed by atoms with Crippen molar-refractivity contribution >= 4 is 28.2 Å². The van der Waals surface area contributed by atoms with Crippen LogP contribution in [0.5, 0.6) is 5.75 Å². The number of hydrogen-bond donors (Lipinski definition) is 3. The summed E-state index contributed by atoms with van der Waals surface area (Å²) in [6.07, 6.45) is 3.81. The molecule has 0 aliphatic rings. The van der Waals surface area contributed by atoms with E-state index in [2.05, 4.69) is 38.9 Å². The lowest BCUT2D eigenvalue weighted by Crippen LogP contribution is -2.33. The number of thiophene rings is 1. The predicted octanol–water partition coefficient (Wildman–Crippen LogP) is 2.93. The Labute approximate surface area is 145 Å². The van der Waals surface area contributed by atoms with E-state index in [0.29, 0.717) is 12.5 Å². The number of rotatable bonds is 7. The van der Waals surface area contributed by atoms with Gasteiger partial charge in [0.05, 0.1) is 7.11 Å². The van der Waals surface area contributed by atoms with Crippen LogP contribution in [0, 0.1) is 0 Å². The molecule has 0 saturated heterocycles. The zero-order chi connectivity index (χ0) is 16.8. The zero-order valence-electron chi connectivity index (χ0n) is 13.7. The van der Waals surface area contributed by atoms with Crippen LogP contribution in [0.25, 0.3) is 10.9 Å². The molecule has 0 fully saturated rings. The highest BCUT2D eigenvalue weighted by molar-refractivity contribution is 7.09. The smallest absolute Gasteiger partial charge is 0.188 e. The summed E-state index contributed by atoms with van der Waals surface area (Å²) in [6.45, 7) is 1.44. The van der Waals surface area contributed by atoms with E-state index in [9.17, 15) is 0 Å². The van der Waals surface area contributed by atoms with E-state index < -0.39 is 0 Å². The molecule has 126 valence electrons. The van der Waals surface area contributed by atoms with E-state index >= 15 is 0 Å². The van der Waals surface area contributed by atoms with Crippen LogP contribution in [-0.2, 0) is 12.8 Å². The van der Waals surface area contributed by atoms with Crippen LogP contribution in [0.2, 0.25) is 0 Å². The third kappa shape index (κ3) is 3.89. The number of aromatic amines is 1. The number of nitrogens with two attached hydrogens (primary N) is 1. The second-order valence-corrected chi connectivity index (χ2v) is 6.50. The first-order valence-corrected chi connectivity index (χ1v) is 8.85. The molecular formula is C18H22N4OS. The third-order valence-electron chi connectivity index (χ3n) is 3.89. The first-order chi connectivity index (χ1) is 11.8. The molecule has 3 rings (SSSR count). The summed E-state index contributed by atoms with van der Waals surface area (Å²) >= 11 is 1.75. The number of methoxy groups -OCH3 is 1. The van der Waals surface area contributed by atoms with E-state index in [1.807, 2.05) is 18.3 Å². The second-order valence-electron chi connectivity index (χ2n) is 5.47. The molecule has 1 aromatic carbocycles. The van der Waals surface area contributed by atoms with Crippen LogP contribution in [0.15, 0.2) is 46.9 Å². The van der Waals surface area contributed by atoms with E-state index in [-0.39, 0.29) is 0 Å². The summed E-state index contributed by atoms with van der Waals surface area (Å²) < 4.78 is 5.45. The Bertz CT molecular complexity index is 808. The number of benzene rings is 1. The fourth-order valence-electron chi connectivity index (χ4n) is 2.71. The normalized spacial score (nSPS) is 11.8. The number of fused-ring (bicyclic) bond motifs is 1. The fraction of sp³-hybridized carbons (Fsp3) is 0.278. The lowest BCUT2D eigenvalue weighted by atomic mass is 10.1. The number of hydrogen-bond acceptors (Lipinski definition) is 3. The van der Waals surface area contributed by atoms with Crippen molar-refractivity contribution in [3.63, 3.8) is 0 Å². The van der Waals surface area contributed by atoms with Gasteiger partial charge in [-0.3, -0.25) is 4.99 Å². The second kappa shape index (κ2) is 7.88. The van der Waals surface area contributed by atoms with Crippen molar-refractivity contribution in [1.29, 1.82) is 0 Å². The standard InChI is InChI=1S/C18H22N4OS/c1-23-16-6-2-5-15-17(16)13(12-22-15)7-9-20-18(19)21-10-8-14-4-3-11-24-14/h2-6,11-12,22H,7-10H2,1H3,(H3,19,20,21). The molecule has 0 aliphatic carbocycles. The molecule has 0 spiro atoms. The molecule has 3 aromatic rings. The topological polar surface area (TPSA) is 75.4 Å². The molecule has 2 aromatic heterocycles. The van der Waals surface area contributed by atoms with Crippen molar-refractivity contribution < 1.29 is 4.74 Å². The van der Waals surface area contributed by atoms with Crippen LogP contribution >= 0.6 is 11.3 Å². The Hall–Kier alpha value is -2.47. The number of ether oxygens (including phenoxy) is 1. The molecule has 5 nitrogen and oxygen atoms in total. The highest BCUT2D eigenvalue weighted by Crippen LogP contribution is 2.28. The molecule has 0 aliphatic heterocycles. The summed E-state index contributed by atoms with van der Waals surface area (Å²) in [6, 6.07) is 10.2. The Kier molecular flexibility index (Phi) is 5.38. The van der Waals surface area contributed by atoms with Crippen molar-refractivity contribution in [2.24, 2.45) is 10.7 Å². The van der Waals surface area contributed by atoms with Crippen LogP contribution in [0.3, 0.4) is 0 Å². The summed E-state index contributed by atoms with van der Waals surface area (Å²) in [5.74, 6) is 1.39. The van der Waals surface area contributed by atoms with Gasteiger partial charge in [-0.15, -0.1) is 11.3 Å². The minimum absolute atomic E-state index is 0.498. The first-order valence-electron chi connectivity index (χ1n) is 7.97.